The van der Waals surface area contributed by atoms with Crippen LogP contribution in [0.1, 0.15) is 41.8 Å². The van der Waals surface area contributed by atoms with Gasteiger partial charge in [-0.05, 0) is 49.6 Å². The van der Waals surface area contributed by atoms with Crippen LogP contribution in [0.15, 0.2) is 59.1 Å². The number of amides is 1. The van der Waals surface area contributed by atoms with Crippen molar-refractivity contribution in [2.45, 2.75) is 38.6 Å². The summed E-state index contributed by atoms with van der Waals surface area (Å²) in [4.78, 5) is 24.2. The molecule has 1 saturated heterocycles. The third-order valence-corrected chi connectivity index (χ3v) is 6.35. The van der Waals surface area contributed by atoms with E-state index in [0.29, 0.717) is 19.5 Å². The van der Waals surface area contributed by atoms with Gasteiger partial charge in [0.15, 0.2) is 5.89 Å². The van der Waals surface area contributed by atoms with E-state index in [0.717, 1.165) is 59.2 Å². The Hall–Kier alpha value is -3.61. The number of oxazole rings is 1. The number of hydrogen-bond donors (Lipinski definition) is 0. The highest BCUT2D eigenvalue weighted by Crippen LogP contribution is 2.28. The van der Waals surface area contributed by atoms with Crippen LogP contribution in [0.4, 0.5) is 0 Å². The molecule has 2 aromatic carbocycles. The molecule has 3 heterocycles. The molecule has 1 aliphatic heterocycles. The van der Waals surface area contributed by atoms with Crippen molar-refractivity contribution in [1.82, 2.24) is 19.4 Å². The predicted molar refractivity (Wildman–Crippen MR) is 125 cm³/mol. The zero-order valence-corrected chi connectivity index (χ0v) is 19.0. The summed E-state index contributed by atoms with van der Waals surface area (Å²) in [5.74, 6) is 3.44. The first-order valence-corrected chi connectivity index (χ1v) is 11.4. The predicted octanol–water partition coefficient (Wildman–Crippen LogP) is 4.34. The molecule has 0 unspecified atom stereocenters. The lowest BCUT2D eigenvalue weighted by Crippen LogP contribution is -2.41. The molecule has 7 heteroatoms. The number of para-hydroxylation sites is 2. The molecule has 33 heavy (non-hydrogen) atoms. The Kier molecular flexibility index (Phi) is 5.86. The van der Waals surface area contributed by atoms with Gasteiger partial charge < -0.3 is 18.6 Å². The number of fused-ring (bicyclic) bond motifs is 1. The minimum absolute atomic E-state index is 0.106. The molecule has 2 aromatic heterocycles. The Morgan fingerprint density at radius 1 is 1.21 bits per heavy atom. The van der Waals surface area contributed by atoms with E-state index in [2.05, 4.69) is 9.97 Å². The average Bonchev–Trinajstić information content (AvgIpc) is 3.43. The van der Waals surface area contributed by atoms with Gasteiger partial charge in [0.1, 0.15) is 23.9 Å². The molecular formula is C26H28N4O3. The first kappa shape index (κ1) is 21.2. The largest absolute Gasteiger partial charge is 0.497 e. The van der Waals surface area contributed by atoms with Crippen molar-refractivity contribution in [2.24, 2.45) is 0 Å². The molecule has 1 aliphatic rings. The van der Waals surface area contributed by atoms with Crippen LogP contribution in [0, 0.1) is 6.92 Å². The van der Waals surface area contributed by atoms with Gasteiger partial charge in [-0.1, -0.05) is 24.3 Å². The van der Waals surface area contributed by atoms with Crippen molar-refractivity contribution in [3.8, 4) is 5.75 Å². The van der Waals surface area contributed by atoms with E-state index < -0.39 is 0 Å². The summed E-state index contributed by atoms with van der Waals surface area (Å²) in [6.45, 7) is 3.64. The number of rotatable bonds is 6. The van der Waals surface area contributed by atoms with E-state index in [1.807, 2.05) is 64.9 Å². The third-order valence-electron chi connectivity index (χ3n) is 6.35. The first-order chi connectivity index (χ1) is 16.1. The Balaban J connectivity index is 1.26. The summed E-state index contributed by atoms with van der Waals surface area (Å²) in [7, 11) is 1.67. The number of aryl methyl sites for hydroxylation is 1. The molecule has 1 atom stereocenters. The Morgan fingerprint density at radius 2 is 2.09 bits per heavy atom. The number of imidazole rings is 1. The number of nitrogens with zero attached hydrogens (tertiary/aromatic N) is 4. The molecule has 0 bridgehead atoms. The maximum absolute atomic E-state index is 13.2. The van der Waals surface area contributed by atoms with Crippen molar-refractivity contribution in [3.05, 3.63) is 77.8 Å². The number of hydrogen-bond acceptors (Lipinski definition) is 5. The summed E-state index contributed by atoms with van der Waals surface area (Å²) in [6, 6.07) is 15.9. The number of piperidine rings is 1. The molecule has 0 aliphatic carbocycles. The van der Waals surface area contributed by atoms with E-state index in [-0.39, 0.29) is 11.8 Å². The topological polar surface area (TPSA) is 73.4 Å². The fourth-order valence-electron chi connectivity index (χ4n) is 4.61. The number of carbonyl (C=O) groups is 1. The van der Waals surface area contributed by atoms with E-state index in [1.54, 1.807) is 13.3 Å². The Morgan fingerprint density at radius 3 is 2.97 bits per heavy atom. The van der Waals surface area contributed by atoms with Gasteiger partial charge in [-0.3, -0.25) is 4.79 Å². The van der Waals surface area contributed by atoms with Crippen molar-refractivity contribution in [1.29, 1.82) is 0 Å². The molecule has 5 rings (SSSR count). The minimum atomic E-state index is 0.106. The molecule has 1 fully saturated rings. The second-order valence-corrected chi connectivity index (χ2v) is 8.61. The van der Waals surface area contributed by atoms with Gasteiger partial charge in [0.05, 0.1) is 30.3 Å². The molecule has 7 nitrogen and oxygen atoms in total. The normalized spacial score (nSPS) is 16.3. The third kappa shape index (κ3) is 4.49. The molecular weight excluding hydrogens is 416 g/mol. The van der Waals surface area contributed by atoms with Crippen LogP contribution in [0.2, 0.25) is 0 Å². The van der Waals surface area contributed by atoms with Crippen LogP contribution >= 0.6 is 0 Å². The smallest absolute Gasteiger partial charge is 0.242 e. The van der Waals surface area contributed by atoms with Gasteiger partial charge >= 0.3 is 0 Å². The zero-order valence-electron chi connectivity index (χ0n) is 19.0. The Bertz CT molecular complexity index is 1280. The molecule has 0 N–H and O–H groups in total. The molecule has 0 spiro atoms. The van der Waals surface area contributed by atoms with Gasteiger partial charge in [-0.15, -0.1) is 0 Å². The van der Waals surface area contributed by atoms with Gasteiger partial charge in [-0.2, -0.15) is 0 Å². The van der Waals surface area contributed by atoms with E-state index in [4.69, 9.17) is 9.15 Å². The number of benzene rings is 2. The second kappa shape index (κ2) is 9.10. The highest BCUT2D eigenvalue weighted by molar-refractivity contribution is 5.81. The highest BCUT2D eigenvalue weighted by Gasteiger charge is 2.28. The number of aromatic nitrogens is 3. The molecule has 170 valence electrons. The quantitative estimate of drug-likeness (QED) is 0.442. The summed E-state index contributed by atoms with van der Waals surface area (Å²) in [5.41, 5.74) is 3.02. The lowest BCUT2D eigenvalue weighted by molar-refractivity contribution is -0.133. The van der Waals surface area contributed by atoms with Gasteiger partial charge in [0.2, 0.25) is 5.91 Å². The van der Waals surface area contributed by atoms with E-state index in [1.165, 1.54) is 0 Å². The lowest BCUT2D eigenvalue weighted by atomic mass is 9.98. The number of methoxy groups -OCH3 is 1. The monoisotopic (exact) mass is 444 g/mol. The SMILES string of the molecule is COc1cccc(Cc2cnc([C@H]3CCCN(C(=O)Cn4c(C)nc5ccccc54)C3)o2)c1. The first-order valence-electron chi connectivity index (χ1n) is 11.4. The Labute approximate surface area is 193 Å². The van der Waals surface area contributed by atoms with Crippen molar-refractivity contribution >= 4 is 16.9 Å². The molecule has 4 aromatic rings. The van der Waals surface area contributed by atoms with Crippen LogP contribution in [0.5, 0.6) is 5.75 Å². The fourth-order valence-corrected chi connectivity index (χ4v) is 4.61. The van der Waals surface area contributed by atoms with Crippen LogP contribution in [0.3, 0.4) is 0 Å². The van der Waals surface area contributed by atoms with Crippen molar-refractivity contribution in [3.63, 3.8) is 0 Å². The van der Waals surface area contributed by atoms with Crippen molar-refractivity contribution in [2.75, 3.05) is 20.2 Å². The fraction of sp³-hybridized carbons (Fsp3) is 0.346. The lowest BCUT2D eigenvalue weighted by Gasteiger charge is -2.31. The summed E-state index contributed by atoms with van der Waals surface area (Å²) < 4.78 is 13.4. The standard InChI is InChI=1S/C26H28N4O3/c1-18-28-23-10-3-4-11-24(23)30(18)17-25(31)29-12-6-8-20(16-29)26-27-15-22(33-26)14-19-7-5-9-21(13-19)32-2/h3-5,7,9-11,13,15,20H,6,8,12,14,16-17H2,1-2H3/t20-/m0/s1. The average molecular weight is 445 g/mol. The maximum Gasteiger partial charge on any atom is 0.242 e. The summed E-state index contributed by atoms with van der Waals surface area (Å²) >= 11 is 0. The minimum Gasteiger partial charge on any atom is -0.497 e. The summed E-state index contributed by atoms with van der Waals surface area (Å²) in [6.07, 6.45) is 4.37. The van der Waals surface area contributed by atoms with Crippen LogP contribution in [-0.4, -0.2) is 45.5 Å². The van der Waals surface area contributed by atoms with Crippen LogP contribution in [-0.2, 0) is 17.8 Å². The molecule has 1 amide bonds. The molecule has 0 saturated carbocycles. The van der Waals surface area contributed by atoms with E-state index in [9.17, 15) is 4.79 Å². The van der Waals surface area contributed by atoms with Crippen LogP contribution in [0.25, 0.3) is 11.0 Å². The highest BCUT2D eigenvalue weighted by atomic mass is 16.5. The number of carbonyl (C=O) groups excluding carboxylic acids is 1. The number of ether oxygens (including phenoxy) is 1. The maximum atomic E-state index is 13.2. The zero-order chi connectivity index (χ0) is 22.8. The van der Waals surface area contributed by atoms with Gasteiger partial charge in [0, 0.05) is 19.5 Å². The number of likely N-dealkylation sites (tertiary alicyclic amines) is 1. The van der Waals surface area contributed by atoms with Gasteiger partial charge in [0.25, 0.3) is 0 Å². The van der Waals surface area contributed by atoms with E-state index >= 15 is 0 Å². The molecule has 0 radical (unpaired) electrons. The van der Waals surface area contributed by atoms with Gasteiger partial charge in [-0.25, -0.2) is 9.97 Å². The second-order valence-electron chi connectivity index (χ2n) is 8.61. The van der Waals surface area contributed by atoms with Crippen LogP contribution < -0.4 is 4.74 Å². The summed E-state index contributed by atoms with van der Waals surface area (Å²) in [5, 5.41) is 0. The van der Waals surface area contributed by atoms with Crippen molar-refractivity contribution < 1.29 is 13.9 Å².